The Balaban J connectivity index is 2.01. The first-order chi connectivity index (χ1) is 11.6. The van der Waals surface area contributed by atoms with Gasteiger partial charge in [0.2, 0.25) is 5.82 Å². The molecule has 0 saturated carbocycles. The number of methoxy groups -OCH3 is 1. The number of aromatic nitrogens is 2. The Labute approximate surface area is 139 Å². The number of carbonyl (C=O) groups is 1. The lowest BCUT2D eigenvalue weighted by atomic mass is 10.1. The average molecular weight is 323 g/mol. The van der Waals surface area contributed by atoms with Crippen molar-refractivity contribution in [1.29, 1.82) is 0 Å². The van der Waals surface area contributed by atoms with E-state index in [1.165, 1.54) is 4.90 Å². The summed E-state index contributed by atoms with van der Waals surface area (Å²) in [6, 6.07) is 14.6. The number of ether oxygens (including phenoxy) is 1. The predicted octanol–water partition coefficient (Wildman–Crippen LogP) is 3.11. The van der Waals surface area contributed by atoms with Crippen molar-refractivity contribution in [3.63, 3.8) is 0 Å². The summed E-state index contributed by atoms with van der Waals surface area (Å²) in [6.45, 7) is 0. The number of nitrogens with zero attached hydrogens (tertiary/aromatic N) is 3. The topological polar surface area (TPSA) is 68.5 Å². The van der Waals surface area contributed by atoms with Crippen LogP contribution < -0.4 is 4.74 Å². The quantitative estimate of drug-likeness (QED) is 0.738. The second-order valence-corrected chi connectivity index (χ2v) is 5.40. The molecule has 0 spiro atoms. The molecular weight excluding hydrogens is 306 g/mol. The van der Waals surface area contributed by atoms with Crippen LogP contribution in [0.1, 0.15) is 10.4 Å². The molecule has 0 saturated heterocycles. The fraction of sp³-hybridized carbons (Fsp3) is 0.167. The van der Waals surface area contributed by atoms with Crippen LogP contribution in [-0.2, 0) is 0 Å². The SMILES string of the molecule is COc1cccc(-c2noc(-c3ccccc3C(=O)N(C)C)n2)c1. The smallest absolute Gasteiger partial charge is 0.259 e. The van der Waals surface area contributed by atoms with Crippen LogP contribution in [0.3, 0.4) is 0 Å². The third-order valence-corrected chi connectivity index (χ3v) is 3.55. The zero-order valence-corrected chi connectivity index (χ0v) is 13.7. The summed E-state index contributed by atoms with van der Waals surface area (Å²) in [4.78, 5) is 18.3. The molecule has 24 heavy (non-hydrogen) atoms. The minimum atomic E-state index is -0.119. The van der Waals surface area contributed by atoms with Crippen molar-refractivity contribution in [2.75, 3.05) is 21.2 Å². The van der Waals surface area contributed by atoms with Crippen molar-refractivity contribution in [2.45, 2.75) is 0 Å². The van der Waals surface area contributed by atoms with Gasteiger partial charge < -0.3 is 14.2 Å². The number of hydrogen-bond donors (Lipinski definition) is 0. The Morgan fingerprint density at radius 1 is 1.12 bits per heavy atom. The molecule has 0 aliphatic carbocycles. The number of rotatable bonds is 4. The standard InChI is InChI=1S/C18H17N3O3/c1-21(2)18(22)15-10-5-4-9-14(15)17-19-16(20-24-17)12-7-6-8-13(11-12)23-3/h4-11H,1-3H3. The van der Waals surface area contributed by atoms with Crippen LogP contribution in [-0.4, -0.2) is 42.2 Å². The highest BCUT2D eigenvalue weighted by Gasteiger charge is 2.19. The first-order valence-corrected chi connectivity index (χ1v) is 7.39. The van der Waals surface area contributed by atoms with Crippen molar-refractivity contribution in [3.8, 4) is 28.6 Å². The normalized spacial score (nSPS) is 10.5. The van der Waals surface area contributed by atoms with Gasteiger partial charge in [0, 0.05) is 19.7 Å². The zero-order chi connectivity index (χ0) is 17.1. The van der Waals surface area contributed by atoms with Crippen LogP contribution in [0.25, 0.3) is 22.8 Å². The molecule has 2 aromatic carbocycles. The van der Waals surface area contributed by atoms with Crippen molar-refractivity contribution < 1.29 is 14.1 Å². The molecule has 6 nitrogen and oxygen atoms in total. The van der Waals surface area contributed by atoms with E-state index in [1.54, 1.807) is 39.4 Å². The van der Waals surface area contributed by atoms with E-state index < -0.39 is 0 Å². The monoisotopic (exact) mass is 323 g/mol. The van der Waals surface area contributed by atoms with Crippen molar-refractivity contribution in [1.82, 2.24) is 15.0 Å². The summed E-state index contributed by atoms with van der Waals surface area (Å²) in [6.07, 6.45) is 0. The zero-order valence-electron chi connectivity index (χ0n) is 13.7. The first-order valence-electron chi connectivity index (χ1n) is 7.39. The Kier molecular flexibility index (Phi) is 4.29. The lowest BCUT2D eigenvalue weighted by molar-refractivity contribution is 0.0828. The molecule has 1 heterocycles. The summed E-state index contributed by atoms with van der Waals surface area (Å²) in [5.41, 5.74) is 1.90. The summed E-state index contributed by atoms with van der Waals surface area (Å²) in [7, 11) is 5.01. The second-order valence-electron chi connectivity index (χ2n) is 5.40. The fourth-order valence-electron chi connectivity index (χ4n) is 2.31. The van der Waals surface area contributed by atoms with Gasteiger partial charge in [0.25, 0.3) is 11.8 Å². The summed E-state index contributed by atoms with van der Waals surface area (Å²) in [5, 5.41) is 4.02. The Bertz CT molecular complexity index is 871. The largest absolute Gasteiger partial charge is 0.497 e. The lowest BCUT2D eigenvalue weighted by Crippen LogP contribution is -2.22. The summed E-state index contributed by atoms with van der Waals surface area (Å²) < 4.78 is 10.6. The molecule has 1 amide bonds. The van der Waals surface area contributed by atoms with Crippen LogP contribution in [0.2, 0.25) is 0 Å². The highest BCUT2D eigenvalue weighted by molar-refractivity contribution is 5.99. The molecule has 1 aromatic heterocycles. The molecule has 0 aliphatic heterocycles. The molecule has 122 valence electrons. The molecule has 3 aromatic rings. The maximum Gasteiger partial charge on any atom is 0.259 e. The van der Waals surface area contributed by atoms with E-state index in [4.69, 9.17) is 9.26 Å². The van der Waals surface area contributed by atoms with Gasteiger partial charge in [-0.3, -0.25) is 4.79 Å². The van der Waals surface area contributed by atoms with Gasteiger partial charge in [-0.2, -0.15) is 4.98 Å². The number of hydrogen-bond acceptors (Lipinski definition) is 5. The molecule has 0 unspecified atom stereocenters. The van der Waals surface area contributed by atoms with Gasteiger partial charge in [0.05, 0.1) is 18.2 Å². The van der Waals surface area contributed by atoms with Crippen LogP contribution in [0.5, 0.6) is 5.75 Å². The maximum absolute atomic E-state index is 12.3. The van der Waals surface area contributed by atoms with E-state index in [1.807, 2.05) is 30.3 Å². The number of carbonyl (C=O) groups excluding carboxylic acids is 1. The molecule has 0 aliphatic rings. The van der Waals surface area contributed by atoms with E-state index in [0.717, 1.165) is 5.56 Å². The van der Waals surface area contributed by atoms with Crippen molar-refractivity contribution in [3.05, 3.63) is 54.1 Å². The molecule has 0 fully saturated rings. The van der Waals surface area contributed by atoms with Crippen LogP contribution in [0.15, 0.2) is 53.1 Å². The molecule has 3 rings (SSSR count). The molecule has 0 bridgehead atoms. The van der Waals surface area contributed by atoms with Crippen LogP contribution in [0, 0.1) is 0 Å². The van der Waals surface area contributed by atoms with Gasteiger partial charge in [-0.05, 0) is 24.3 Å². The Hall–Kier alpha value is -3.15. The van der Waals surface area contributed by atoms with Gasteiger partial charge >= 0.3 is 0 Å². The van der Waals surface area contributed by atoms with Gasteiger partial charge in [-0.25, -0.2) is 0 Å². The van der Waals surface area contributed by atoms with E-state index in [2.05, 4.69) is 10.1 Å². The third kappa shape index (κ3) is 2.99. The molecule has 0 N–H and O–H groups in total. The van der Waals surface area contributed by atoms with Gasteiger partial charge in [0.15, 0.2) is 0 Å². The Morgan fingerprint density at radius 2 is 1.92 bits per heavy atom. The van der Waals surface area contributed by atoms with Gasteiger partial charge in [-0.15, -0.1) is 0 Å². The third-order valence-electron chi connectivity index (χ3n) is 3.55. The van der Waals surface area contributed by atoms with Crippen molar-refractivity contribution in [2.24, 2.45) is 0 Å². The van der Waals surface area contributed by atoms with E-state index in [0.29, 0.717) is 28.6 Å². The Morgan fingerprint density at radius 3 is 2.67 bits per heavy atom. The first kappa shape index (κ1) is 15.7. The highest BCUT2D eigenvalue weighted by Crippen LogP contribution is 2.27. The van der Waals surface area contributed by atoms with Gasteiger partial charge in [0.1, 0.15) is 5.75 Å². The highest BCUT2D eigenvalue weighted by atomic mass is 16.5. The minimum Gasteiger partial charge on any atom is -0.497 e. The van der Waals surface area contributed by atoms with E-state index in [9.17, 15) is 4.79 Å². The van der Waals surface area contributed by atoms with Crippen LogP contribution >= 0.6 is 0 Å². The van der Waals surface area contributed by atoms with E-state index in [-0.39, 0.29) is 5.91 Å². The van der Waals surface area contributed by atoms with Crippen LogP contribution in [0.4, 0.5) is 0 Å². The molecule has 0 atom stereocenters. The molecular formula is C18H17N3O3. The second kappa shape index (κ2) is 6.54. The van der Waals surface area contributed by atoms with Gasteiger partial charge in [-0.1, -0.05) is 29.4 Å². The van der Waals surface area contributed by atoms with E-state index >= 15 is 0 Å². The molecule has 6 heteroatoms. The maximum atomic E-state index is 12.3. The number of benzene rings is 2. The molecule has 0 radical (unpaired) electrons. The number of amides is 1. The average Bonchev–Trinajstić information content (AvgIpc) is 3.11. The van der Waals surface area contributed by atoms with Crippen molar-refractivity contribution >= 4 is 5.91 Å². The fourth-order valence-corrected chi connectivity index (χ4v) is 2.31. The summed E-state index contributed by atoms with van der Waals surface area (Å²) >= 11 is 0. The summed E-state index contributed by atoms with van der Waals surface area (Å²) in [5.74, 6) is 1.34. The lowest BCUT2D eigenvalue weighted by Gasteiger charge is -2.11. The predicted molar refractivity (Wildman–Crippen MR) is 89.7 cm³/mol. The minimum absolute atomic E-state index is 0.119.